The van der Waals surface area contributed by atoms with Crippen LogP contribution in [0.15, 0.2) is 18.3 Å². The van der Waals surface area contributed by atoms with Crippen LogP contribution in [-0.4, -0.2) is 36.1 Å². The van der Waals surface area contributed by atoms with Crippen LogP contribution in [0.2, 0.25) is 0 Å². The topological polar surface area (TPSA) is 51.2 Å². The summed E-state index contributed by atoms with van der Waals surface area (Å²) in [5, 5.41) is 3.45. The number of thioether (sulfide) groups is 1. The number of aromatic nitrogens is 1. The molecule has 0 saturated carbocycles. The highest BCUT2D eigenvalue weighted by atomic mass is 32.2. The lowest BCUT2D eigenvalue weighted by molar-refractivity contribution is 0.0600. The van der Waals surface area contributed by atoms with Crippen molar-refractivity contribution in [2.24, 2.45) is 5.92 Å². The Kier molecular flexibility index (Phi) is 5.66. The summed E-state index contributed by atoms with van der Waals surface area (Å²) in [6.45, 7) is 1.81. The Morgan fingerprint density at radius 2 is 2.26 bits per heavy atom. The number of nitrogens with zero attached hydrogens (tertiary/aromatic N) is 1. The van der Waals surface area contributed by atoms with E-state index in [1.807, 2.05) is 6.07 Å². The van der Waals surface area contributed by atoms with Crippen LogP contribution < -0.4 is 5.32 Å². The molecule has 1 aliphatic rings. The average Bonchev–Trinajstić information content (AvgIpc) is 2.48. The molecule has 0 aliphatic carbocycles. The number of methoxy groups -OCH3 is 1. The van der Waals surface area contributed by atoms with E-state index in [0.717, 1.165) is 24.7 Å². The van der Waals surface area contributed by atoms with E-state index in [1.54, 1.807) is 12.3 Å². The number of carbonyl (C=O) groups is 1. The van der Waals surface area contributed by atoms with Gasteiger partial charge < -0.3 is 10.1 Å². The number of hydrogen-bond donors (Lipinski definition) is 1. The van der Waals surface area contributed by atoms with Gasteiger partial charge in [-0.1, -0.05) is 0 Å². The van der Waals surface area contributed by atoms with Gasteiger partial charge in [-0.3, -0.25) is 4.98 Å². The van der Waals surface area contributed by atoms with Crippen LogP contribution in [0.4, 0.5) is 0 Å². The normalized spacial score (nSPS) is 16.3. The second-order valence-corrected chi connectivity index (χ2v) is 5.94. The van der Waals surface area contributed by atoms with Crippen LogP contribution in [0.25, 0.3) is 0 Å². The minimum absolute atomic E-state index is 0.341. The van der Waals surface area contributed by atoms with Crippen molar-refractivity contribution in [2.75, 3.05) is 25.2 Å². The number of pyridine rings is 1. The van der Waals surface area contributed by atoms with Crippen molar-refractivity contribution in [1.82, 2.24) is 10.3 Å². The molecule has 1 saturated heterocycles. The number of esters is 1. The van der Waals surface area contributed by atoms with Crippen LogP contribution in [0, 0.1) is 5.92 Å². The predicted molar refractivity (Wildman–Crippen MR) is 77.3 cm³/mol. The van der Waals surface area contributed by atoms with Gasteiger partial charge in [-0.05, 0) is 48.9 Å². The van der Waals surface area contributed by atoms with Crippen molar-refractivity contribution < 1.29 is 9.53 Å². The third-order valence-corrected chi connectivity index (χ3v) is 4.37. The second kappa shape index (κ2) is 7.50. The summed E-state index contributed by atoms with van der Waals surface area (Å²) in [6, 6.07) is 3.63. The van der Waals surface area contributed by atoms with E-state index in [9.17, 15) is 4.79 Å². The van der Waals surface area contributed by atoms with E-state index >= 15 is 0 Å². The predicted octanol–water partition coefficient (Wildman–Crippen LogP) is 2.10. The fraction of sp³-hybridized carbons (Fsp3) is 0.571. The number of carbonyl (C=O) groups excluding carboxylic acids is 1. The van der Waals surface area contributed by atoms with Gasteiger partial charge in [-0.25, -0.2) is 4.79 Å². The highest BCUT2D eigenvalue weighted by Crippen LogP contribution is 2.21. The molecular formula is C14H20N2O2S. The molecule has 1 aromatic rings. The maximum atomic E-state index is 11.3. The van der Waals surface area contributed by atoms with Crippen LogP contribution in [0.3, 0.4) is 0 Å². The van der Waals surface area contributed by atoms with E-state index < -0.39 is 0 Å². The van der Waals surface area contributed by atoms with Gasteiger partial charge >= 0.3 is 5.97 Å². The monoisotopic (exact) mass is 280 g/mol. The fourth-order valence-electron chi connectivity index (χ4n) is 2.12. The van der Waals surface area contributed by atoms with Gasteiger partial charge in [-0.2, -0.15) is 11.8 Å². The van der Waals surface area contributed by atoms with Gasteiger partial charge in [0.1, 0.15) is 0 Å². The lowest BCUT2D eigenvalue weighted by Crippen LogP contribution is -2.25. The van der Waals surface area contributed by atoms with Gasteiger partial charge in [0.2, 0.25) is 0 Å². The van der Waals surface area contributed by atoms with E-state index in [-0.39, 0.29) is 5.97 Å². The Balaban J connectivity index is 1.75. The zero-order chi connectivity index (χ0) is 13.5. The number of rotatable bonds is 5. The molecule has 1 aliphatic heterocycles. The van der Waals surface area contributed by atoms with Crippen molar-refractivity contribution in [2.45, 2.75) is 19.4 Å². The standard InChI is InChI=1S/C14H20N2O2S/c1-18-14(17)12-2-3-13(16-9-12)10-15-8-11-4-6-19-7-5-11/h2-3,9,11,15H,4-8,10H2,1H3. The molecule has 19 heavy (non-hydrogen) atoms. The molecule has 0 aromatic carbocycles. The maximum absolute atomic E-state index is 11.3. The van der Waals surface area contributed by atoms with Crippen LogP contribution in [0.1, 0.15) is 28.9 Å². The lowest BCUT2D eigenvalue weighted by atomic mass is 10.0. The van der Waals surface area contributed by atoms with Crippen LogP contribution in [-0.2, 0) is 11.3 Å². The third-order valence-electron chi connectivity index (χ3n) is 3.33. The largest absolute Gasteiger partial charge is 0.465 e. The molecule has 2 heterocycles. The first-order chi connectivity index (χ1) is 9.29. The molecule has 1 aromatic heterocycles. The van der Waals surface area contributed by atoms with E-state index in [4.69, 9.17) is 0 Å². The lowest BCUT2D eigenvalue weighted by Gasteiger charge is -2.21. The maximum Gasteiger partial charge on any atom is 0.339 e. The number of ether oxygens (including phenoxy) is 1. The fourth-order valence-corrected chi connectivity index (χ4v) is 3.33. The SMILES string of the molecule is COC(=O)c1ccc(CNCC2CCSCC2)nc1. The molecule has 0 spiro atoms. The Hall–Kier alpha value is -1.07. The first-order valence-electron chi connectivity index (χ1n) is 6.61. The first kappa shape index (κ1) is 14.3. The average molecular weight is 280 g/mol. The molecule has 0 unspecified atom stereocenters. The van der Waals surface area contributed by atoms with Crippen LogP contribution in [0.5, 0.6) is 0 Å². The minimum atomic E-state index is -0.341. The van der Waals surface area contributed by atoms with Crippen molar-refractivity contribution in [1.29, 1.82) is 0 Å². The molecular weight excluding hydrogens is 260 g/mol. The summed E-state index contributed by atoms with van der Waals surface area (Å²) >= 11 is 2.05. The number of hydrogen-bond acceptors (Lipinski definition) is 5. The zero-order valence-corrected chi connectivity index (χ0v) is 12.0. The molecule has 5 heteroatoms. The Bertz CT molecular complexity index is 402. The van der Waals surface area contributed by atoms with E-state index in [2.05, 4.69) is 26.8 Å². The molecule has 2 rings (SSSR count). The summed E-state index contributed by atoms with van der Waals surface area (Å²) in [7, 11) is 1.38. The third kappa shape index (κ3) is 4.51. The molecule has 1 N–H and O–H groups in total. The Morgan fingerprint density at radius 3 is 2.89 bits per heavy atom. The second-order valence-electron chi connectivity index (χ2n) is 4.72. The Labute approximate surface area is 118 Å². The summed E-state index contributed by atoms with van der Waals surface area (Å²) in [6.07, 6.45) is 4.19. The van der Waals surface area contributed by atoms with Crippen molar-refractivity contribution in [3.05, 3.63) is 29.6 Å². The summed E-state index contributed by atoms with van der Waals surface area (Å²) in [5.74, 6) is 3.04. The Morgan fingerprint density at radius 1 is 1.47 bits per heavy atom. The van der Waals surface area contributed by atoms with E-state index in [1.165, 1.54) is 31.5 Å². The van der Waals surface area contributed by atoms with Gasteiger partial charge in [0.05, 0.1) is 18.4 Å². The zero-order valence-electron chi connectivity index (χ0n) is 11.2. The summed E-state index contributed by atoms with van der Waals surface area (Å²) in [4.78, 5) is 15.5. The van der Waals surface area contributed by atoms with E-state index in [0.29, 0.717) is 5.56 Å². The van der Waals surface area contributed by atoms with Crippen LogP contribution >= 0.6 is 11.8 Å². The van der Waals surface area contributed by atoms with Gasteiger partial charge in [-0.15, -0.1) is 0 Å². The van der Waals surface area contributed by atoms with Gasteiger partial charge in [0.25, 0.3) is 0 Å². The molecule has 0 bridgehead atoms. The highest BCUT2D eigenvalue weighted by Gasteiger charge is 2.13. The molecule has 0 amide bonds. The first-order valence-corrected chi connectivity index (χ1v) is 7.77. The van der Waals surface area contributed by atoms with Crippen molar-refractivity contribution >= 4 is 17.7 Å². The summed E-state index contributed by atoms with van der Waals surface area (Å²) < 4.78 is 4.64. The molecule has 4 nitrogen and oxygen atoms in total. The van der Waals surface area contributed by atoms with Crippen molar-refractivity contribution in [3.63, 3.8) is 0 Å². The molecule has 1 fully saturated rings. The van der Waals surface area contributed by atoms with Gasteiger partial charge in [0, 0.05) is 12.7 Å². The molecule has 104 valence electrons. The number of nitrogens with one attached hydrogen (secondary N) is 1. The van der Waals surface area contributed by atoms with Crippen molar-refractivity contribution in [3.8, 4) is 0 Å². The molecule has 0 atom stereocenters. The smallest absolute Gasteiger partial charge is 0.339 e. The molecule has 0 radical (unpaired) electrons. The highest BCUT2D eigenvalue weighted by molar-refractivity contribution is 7.99. The quantitative estimate of drug-likeness (QED) is 0.837. The summed E-state index contributed by atoms with van der Waals surface area (Å²) in [5.41, 5.74) is 1.45. The van der Waals surface area contributed by atoms with Gasteiger partial charge in [0.15, 0.2) is 0 Å². The minimum Gasteiger partial charge on any atom is -0.465 e.